The second kappa shape index (κ2) is 10.7. The number of rotatable bonds is 9. The van der Waals surface area contributed by atoms with Crippen molar-refractivity contribution < 1.29 is 31.9 Å². The molecule has 0 aromatic heterocycles. The van der Waals surface area contributed by atoms with Crippen molar-refractivity contribution >= 4 is 45.1 Å². The average Bonchev–Trinajstić information content (AvgIpc) is 2.61. The van der Waals surface area contributed by atoms with Gasteiger partial charge in [-0.05, 0) is 24.1 Å². The molecule has 2 atom stereocenters. The van der Waals surface area contributed by atoms with E-state index in [1.165, 1.54) is 24.3 Å². The molecule has 1 aromatic rings. The van der Waals surface area contributed by atoms with E-state index in [0.717, 1.165) is 6.26 Å². The minimum atomic E-state index is -3.45. The Morgan fingerprint density at radius 2 is 1.81 bits per heavy atom. The van der Waals surface area contributed by atoms with E-state index < -0.39 is 45.6 Å². The van der Waals surface area contributed by atoms with Gasteiger partial charge in [-0.1, -0.05) is 42.3 Å². The van der Waals surface area contributed by atoms with Gasteiger partial charge in [0.05, 0.1) is 17.5 Å². The Labute approximate surface area is 167 Å². The number of nitrogens with one attached hydrogen (secondary N) is 1. The predicted molar refractivity (Wildman–Crippen MR) is 98.4 cm³/mol. The van der Waals surface area contributed by atoms with E-state index in [9.17, 15) is 22.4 Å². The number of carbonyl (C=O) groups is 2. The summed E-state index contributed by atoms with van der Waals surface area (Å²) in [5, 5.41) is 2.24. The number of amides is 1. The highest BCUT2D eigenvalue weighted by atomic mass is 35.5. The van der Waals surface area contributed by atoms with Crippen LogP contribution >= 0.6 is 23.2 Å². The van der Waals surface area contributed by atoms with Gasteiger partial charge in [-0.2, -0.15) is 0 Å². The molecule has 2 unspecified atom stereocenters. The van der Waals surface area contributed by atoms with Crippen LogP contribution in [0.1, 0.15) is 25.0 Å². The van der Waals surface area contributed by atoms with Gasteiger partial charge in [0, 0.05) is 6.26 Å². The summed E-state index contributed by atoms with van der Waals surface area (Å²) < 4.78 is 46.7. The van der Waals surface area contributed by atoms with Crippen LogP contribution in [0, 0.1) is 0 Å². The monoisotopic (exact) mass is 443 g/mol. The maximum Gasteiger partial charge on any atom is 0.508 e. The first-order valence-electron chi connectivity index (χ1n) is 7.88. The lowest BCUT2D eigenvalue weighted by Crippen LogP contribution is -2.44. The number of sulfone groups is 1. The van der Waals surface area contributed by atoms with Crippen molar-refractivity contribution in [2.75, 3.05) is 19.5 Å². The number of benzene rings is 1. The van der Waals surface area contributed by atoms with Crippen LogP contribution in [0.5, 0.6) is 0 Å². The molecule has 0 heterocycles. The van der Waals surface area contributed by atoms with Crippen LogP contribution in [0.3, 0.4) is 0 Å². The molecular weight excluding hydrogens is 424 g/mol. The molecule has 0 aliphatic rings. The van der Waals surface area contributed by atoms with Crippen LogP contribution in [-0.4, -0.2) is 50.9 Å². The minimum Gasteiger partial charge on any atom is -0.434 e. The summed E-state index contributed by atoms with van der Waals surface area (Å²) >= 11 is 10.9. The molecule has 7 nitrogen and oxygen atoms in total. The lowest BCUT2D eigenvalue weighted by atomic mass is 10.0. The molecular formula is C16H20Cl2FNO6S. The fraction of sp³-hybridized carbons (Fsp3) is 0.500. The number of halogens is 3. The molecule has 0 aliphatic heterocycles. The molecule has 0 saturated carbocycles. The predicted octanol–water partition coefficient (Wildman–Crippen LogP) is 2.95. The summed E-state index contributed by atoms with van der Waals surface area (Å²) in [5.74, 6) is -0.871. The molecule has 0 fully saturated rings. The zero-order valence-corrected chi connectivity index (χ0v) is 17.0. The van der Waals surface area contributed by atoms with Gasteiger partial charge in [0.25, 0.3) is 5.91 Å². The molecule has 1 N–H and O–H groups in total. The lowest BCUT2D eigenvalue weighted by molar-refractivity contribution is -0.121. The van der Waals surface area contributed by atoms with Gasteiger partial charge in [0.1, 0.15) is 6.67 Å². The zero-order valence-electron chi connectivity index (χ0n) is 14.7. The fourth-order valence-corrected chi connectivity index (χ4v) is 2.81. The van der Waals surface area contributed by atoms with Gasteiger partial charge >= 0.3 is 6.16 Å². The van der Waals surface area contributed by atoms with E-state index in [1.54, 1.807) is 6.92 Å². The summed E-state index contributed by atoms with van der Waals surface area (Å²) in [7, 11) is -3.45. The first-order chi connectivity index (χ1) is 12.6. The Kier molecular flexibility index (Phi) is 9.28. The number of ether oxygens (including phenoxy) is 2. The third-order valence-corrected chi connectivity index (χ3v) is 4.87. The first kappa shape index (κ1) is 23.5. The van der Waals surface area contributed by atoms with Crippen LogP contribution in [0.2, 0.25) is 0 Å². The van der Waals surface area contributed by atoms with E-state index >= 15 is 0 Å². The molecule has 0 bridgehead atoms. The van der Waals surface area contributed by atoms with Crippen molar-refractivity contribution in [1.29, 1.82) is 0 Å². The highest BCUT2D eigenvalue weighted by Gasteiger charge is 2.31. The highest BCUT2D eigenvalue weighted by Crippen LogP contribution is 2.25. The first-order valence-corrected chi connectivity index (χ1v) is 10.6. The summed E-state index contributed by atoms with van der Waals surface area (Å²) in [6, 6.07) is 3.95. The van der Waals surface area contributed by atoms with Gasteiger partial charge in [-0.15, -0.1) is 0 Å². The van der Waals surface area contributed by atoms with Crippen molar-refractivity contribution in [3.63, 3.8) is 0 Å². The zero-order chi connectivity index (χ0) is 20.6. The van der Waals surface area contributed by atoms with Crippen LogP contribution < -0.4 is 5.32 Å². The molecule has 11 heteroatoms. The highest BCUT2D eigenvalue weighted by molar-refractivity contribution is 7.90. The summed E-state index contributed by atoms with van der Waals surface area (Å²) in [4.78, 5) is 22.1. The van der Waals surface area contributed by atoms with Crippen molar-refractivity contribution in [1.82, 2.24) is 5.32 Å². The molecule has 0 saturated heterocycles. The number of hydrogen-bond acceptors (Lipinski definition) is 6. The third kappa shape index (κ3) is 7.51. The molecule has 1 rings (SSSR count). The van der Waals surface area contributed by atoms with Crippen LogP contribution in [0.15, 0.2) is 29.2 Å². The maximum atomic E-state index is 13.6. The second-order valence-electron chi connectivity index (χ2n) is 5.55. The average molecular weight is 444 g/mol. The van der Waals surface area contributed by atoms with Crippen molar-refractivity contribution in [2.24, 2.45) is 0 Å². The van der Waals surface area contributed by atoms with E-state index in [-0.39, 0.29) is 17.1 Å². The third-order valence-electron chi connectivity index (χ3n) is 3.34. The summed E-state index contributed by atoms with van der Waals surface area (Å²) in [5.41, 5.74) is 0.250. The molecule has 152 valence electrons. The molecule has 1 amide bonds. The second-order valence-corrected chi connectivity index (χ2v) is 8.66. The van der Waals surface area contributed by atoms with Gasteiger partial charge < -0.3 is 14.8 Å². The normalized spacial score (nSPS) is 13.7. The van der Waals surface area contributed by atoms with E-state index in [2.05, 4.69) is 5.32 Å². The molecule has 27 heavy (non-hydrogen) atoms. The molecule has 0 radical (unpaired) electrons. The minimum absolute atomic E-state index is 0.0287. The SMILES string of the molecule is CCCOC(=O)OC(c1ccc(S(C)(=O)=O)cc1)C(CF)NC(=O)C(Cl)Cl. The van der Waals surface area contributed by atoms with E-state index in [1.807, 2.05) is 0 Å². The fourth-order valence-electron chi connectivity index (χ4n) is 2.05. The van der Waals surface area contributed by atoms with Crippen molar-refractivity contribution in [2.45, 2.75) is 35.2 Å². The van der Waals surface area contributed by atoms with Gasteiger partial charge in [0.15, 0.2) is 20.8 Å². The molecule has 0 spiro atoms. The van der Waals surface area contributed by atoms with Crippen LogP contribution in [-0.2, 0) is 24.1 Å². The quantitative estimate of drug-likeness (QED) is 0.465. The topological polar surface area (TPSA) is 98.8 Å². The standard InChI is InChI=1S/C16H20Cl2FNO6S/c1-3-8-25-16(22)26-13(12(9-19)20-15(21)14(17)18)10-4-6-11(7-5-10)27(2,23)24/h4-7,12-14H,3,8-9H2,1-2H3,(H,20,21). The van der Waals surface area contributed by atoms with E-state index in [0.29, 0.717) is 6.42 Å². The van der Waals surface area contributed by atoms with Crippen LogP contribution in [0.25, 0.3) is 0 Å². The van der Waals surface area contributed by atoms with Gasteiger partial charge in [-0.25, -0.2) is 17.6 Å². The van der Waals surface area contributed by atoms with Crippen molar-refractivity contribution in [3.8, 4) is 0 Å². The number of hydrogen-bond donors (Lipinski definition) is 1. The lowest BCUT2D eigenvalue weighted by Gasteiger charge is -2.26. The summed E-state index contributed by atoms with van der Waals surface area (Å²) in [6.45, 7) is 0.767. The number of alkyl halides is 3. The number of carbonyl (C=O) groups excluding carboxylic acids is 2. The molecule has 0 aliphatic carbocycles. The van der Waals surface area contributed by atoms with Gasteiger partial charge in [0.2, 0.25) is 0 Å². The Bertz CT molecular complexity index is 742. The van der Waals surface area contributed by atoms with Crippen molar-refractivity contribution in [3.05, 3.63) is 29.8 Å². The molecule has 1 aromatic carbocycles. The smallest absolute Gasteiger partial charge is 0.434 e. The largest absolute Gasteiger partial charge is 0.508 e. The Morgan fingerprint density at radius 1 is 1.22 bits per heavy atom. The Hall–Kier alpha value is -1.58. The summed E-state index contributed by atoms with van der Waals surface area (Å²) in [6.07, 6.45) is -0.769. The Morgan fingerprint density at radius 3 is 2.26 bits per heavy atom. The van der Waals surface area contributed by atoms with Crippen LogP contribution in [0.4, 0.5) is 9.18 Å². The Balaban J connectivity index is 3.15. The maximum absolute atomic E-state index is 13.6. The van der Waals surface area contributed by atoms with Gasteiger partial charge in [-0.3, -0.25) is 4.79 Å². The van der Waals surface area contributed by atoms with E-state index in [4.69, 9.17) is 32.7 Å².